The van der Waals surface area contributed by atoms with Crippen LogP contribution in [-0.2, 0) is 16.1 Å². The summed E-state index contributed by atoms with van der Waals surface area (Å²) in [6.45, 7) is 4.90. The van der Waals surface area contributed by atoms with E-state index < -0.39 is 5.60 Å². The number of likely N-dealkylation sites (tertiary alicyclic amines) is 1. The molecular formula is C18H26N2O4. The quantitative estimate of drug-likeness (QED) is 0.884. The van der Waals surface area contributed by atoms with E-state index in [0.29, 0.717) is 32.5 Å². The third kappa shape index (κ3) is 4.06. The molecule has 1 aliphatic rings. The highest BCUT2D eigenvalue weighted by molar-refractivity contribution is 5.86. The van der Waals surface area contributed by atoms with E-state index in [2.05, 4.69) is 0 Å². The first-order valence-corrected chi connectivity index (χ1v) is 8.31. The number of carbonyl (C=O) groups is 2. The minimum absolute atomic E-state index is 0.0542. The molecule has 0 aromatic heterocycles. The van der Waals surface area contributed by atoms with Gasteiger partial charge in [-0.25, -0.2) is 0 Å². The fourth-order valence-corrected chi connectivity index (χ4v) is 3.09. The van der Waals surface area contributed by atoms with Crippen molar-refractivity contribution in [3.8, 4) is 5.75 Å². The van der Waals surface area contributed by atoms with Crippen LogP contribution in [0.4, 0.5) is 0 Å². The summed E-state index contributed by atoms with van der Waals surface area (Å²) in [5.41, 5.74) is -0.628. The lowest BCUT2D eigenvalue weighted by atomic mass is 9.91. The average Bonchev–Trinajstić information content (AvgIpc) is 2.56. The zero-order chi connectivity index (χ0) is 17.7. The van der Waals surface area contributed by atoms with Gasteiger partial charge in [0, 0.05) is 32.6 Å². The summed E-state index contributed by atoms with van der Waals surface area (Å²) in [7, 11) is 1.66. The molecule has 1 aliphatic heterocycles. The Balaban J connectivity index is 2.10. The molecule has 1 saturated heterocycles. The lowest BCUT2D eigenvalue weighted by Crippen LogP contribution is -2.58. The van der Waals surface area contributed by atoms with Crippen molar-refractivity contribution >= 4 is 11.8 Å². The number of aliphatic hydroxyl groups is 1. The molecule has 2 amide bonds. The van der Waals surface area contributed by atoms with Crippen LogP contribution < -0.4 is 4.74 Å². The van der Waals surface area contributed by atoms with Gasteiger partial charge in [0.05, 0.1) is 13.2 Å². The van der Waals surface area contributed by atoms with Crippen molar-refractivity contribution in [1.29, 1.82) is 0 Å². The Morgan fingerprint density at radius 2 is 2.08 bits per heavy atom. The highest BCUT2D eigenvalue weighted by Gasteiger charge is 2.42. The van der Waals surface area contributed by atoms with Crippen LogP contribution >= 0.6 is 0 Å². The Morgan fingerprint density at radius 1 is 1.38 bits per heavy atom. The molecule has 6 heteroatoms. The molecule has 0 spiro atoms. The first kappa shape index (κ1) is 18.3. The molecule has 2 rings (SSSR count). The van der Waals surface area contributed by atoms with Crippen molar-refractivity contribution < 1.29 is 19.4 Å². The smallest absolute Gasteiger partial charge is 0.256 e. The summed E-state index contributed by atoms with van der Waals surface area (Å²) < 4.78 is 5.58. The average molecular weight is 334 g/mol. The highest BCUT2D eigenvalue weighted by Crippen LogP contribution is 2.25. The maximum absolute atomic E-state index is 12.8. The van der Waals surface area contributed by atoms with E-state index in [4.69, 9.17) is 4.74 Å². The Morgan fingerprint density at radius 3 is 2.75 bits per heavy atom. The van der Waals surface area contributed by atoms with Gasteiger partial charge >= 0.3 is 0 Å². The van der Waals surface area contributed by atoms with Crippen LogP contribution in [0.15, 0.2) is 24.3 Å². The van der Waals surface area contributed by atoms with Crippen LogP contribution in [0.1, 0.15) is 32.3 Å². The molecule has 0 bridgehead atoms. The van der Waals surface area contributed by atoms with Gasteiger partial charge in [0.15, 0.2) is 5.60 Å². The number of carbonyl (C=O) groups excluding carboxylic acids is 2. The number of nitrogens with zero attached hydrogens (tertiary/aromatic N) is 2. The molecule has 1 atom stereocenters. The van der Waals surface area contributed by atoms with Crippen LogP contribution in [0.25, 0.3) is 0 Å². The topological polar surface area (TPSA) is 70.1 Å². The molecule has 24 heavy (non-hydrogen) atoms. The Kier molecular flexibility index (Phi) is 5.83. The second kappa shape index (κ2) is 7.66. The largest absolute Gasteiger partial charge is 0.494 e. The SMILES string of the molecule is CCOc1ccccc1CN(C)C(=O)C1(O)CCCN(C(C)=O)C1. The first-order chi connectivity index (χ1) is 11.4. The number of hydrogen-bond donors (Lipinski definition) is 1. The third-order valence-electron chi connectivity index (χ3n) is 4.34. The van der Waals surface area contributed by atoms with Crippen molar-refractivity contribution in [3.05, 3.63) is 29.8 Å². The molecular weight excluding hydrogens is 308 g/mol. The van der Waals surface area contributed by atoms with Crippen molar-refractivity contribution in [2.75, 3.05) is 26.7 Å². The maximum Gasteiger partial charge on any atom is 0.256 e. The number of hydrogen-bond acceptors (Lipinski definition) is 4. The highest BCUT2D eigenvalue weighted by atomic mass is 16.5. The molecule has 132 valence electrons. The second-order valence-electron chi connectivity index (χ2n) is 6.28. The minimum Gasteiger partial charge on any atom is -0.494 e. The molecule has 1 N–H and O–H groups in total. The predicted molar refractivity (Wildman–Crippen MR) is 90.5 cm³/mol. The van der Waals surface area contributed by atoms with E-state index in [0.717, 1.165) is 11.3 Å². The number of ether oxygens (including phenoxy) is 1. The van der Waals surface area contributed by atoms with Gasteiger partial charge in [-0.2, -0.15) is 0 Å². The van der Waals surface area contributed by atoms with E-state index in [-0.39, 0.29) is 18.4 Å². The number of β-amino-alcohol motifs (C(OH)–C–C–N with tert-alkyl or cyclic N) is 1. The lowest BCUT2D eigenvalue weighted by Gasteiger charge is -2.39. The number of piperidine rings is 1. The fourth-order valence-electron chi connectivity index (χ4n) is 3.09. The normalized spacial score (nSPS) is 20.6. The van der Waals surface area contributed by atoms with Crippen LogP contribution in [0.5, 0.6) is 5.75 Å². The molecule has 0 radical (unpaired) electrons. The van der Waals surface area contributed by atoms with E-state index in [9.17, 15) is 14.7 Å². The van der Waals surface area contributed by atoms with Gasteiger partial charge in [0.2, 0.25) is 5.91 Å². The molecule has 1 fully saturated rings. The van der Waals surface area contributed by atoms with E-state index in [1.54, 1.807) is 7.05 Å². The molecule has 1 aromatic rings. The van der Waals surface area contributed by atoms with E-state index in [1.807, 2.05) is 31.2 Å². The van der Waals surface area contributed by atoms with E-state index in [1.165, 1.54) is 16.7 Å². The number of para-hydroxylation sites is 1. The molecule has 1 unspecified atom stereocenters. The zero-order valence-electron chi connectivity index (χ0n) is 14.6. The van der Waals surface area contributed by atoms with Gasteiger partial charge in [-0.3, -0.25) is 9.59 Å². The van der Waals surface area contributed by atoms with Gasteiger partial charge in [0.25, 0.3) is 5.91 Å². The van der Waals surface area contributed by atoms with Gasteiger partial charge in [-0.1, -0.05) is 18.2 Å². The molecule has 0 aliphatic carbocycles. The summed E-state index contributed by atoms with van der Waals surface area (Å²) in [6.07, 6.45) is 0.984. The van der Waals surface area contributed by atoms with Gasteiger partial charge in [-0.05, 0) is 25.8 Å². The Hall–Kier alpha value is -2.08. The molecule has 1 aromatic carbocycles. The number of likely N-dealkylation sites (N-methyl/N-ethyl adjacent to an activating group) is 1. The van der Waals surface area contributed by atoms with Gasteiger partial charge in [-0.15, -0.1) is 0 Å². The predicted octanol–water partition coefficient (Wildman–Crippen LogP) is 1.42. The maximum atomic E-state index is 12.8. The molecule has 6 nitrogen and oxygen atoms in total. The summed E-state index contributed by atoms with van der Waals surface area (Å²) in [4.78, 5) is 27.4. The van der Waals surface area contributed by atoms with Crippen LogP contribution in [0.3, 0.4) is 0 Å². The Labute approximate surface area is 143 Å². The first-order valence-electron chi connectivity index (χ1n) is 8.31. The van der Waals surface area contributed by atoms with Crippen molar-refractivity contribution in [1.82, 2.24) is 9.80 Å². The lowest BCUT2D eigenvalue weighted by molar-refractivity contribution is -0.159. The zero-order valence-corrected chi connectivity index (χ0v) is 14.6. The van der Waals surface area contributed by atoms with Crippen molar-refractivity contribution in [2.24, 2.45) is 0 Å². The molecule has 1 heterocycles. The summed E-state index contributed by atoms with van der Waals surface area (Å²) in [5, 5.41) is 10.8. The second-order valence-corrected chi connectivity index (χ2v) is 6.28. The van der Waals surface area contributed by atoms with Gasteiger partial charge < -0.3 is 19.6 Å². The standard InChI is InChI=1S/C18H26N2O4/c1-4-24-16-9-6-5-8-15(16)12-19(3)17(22)18(23)10-7-11-20(13-18)14(2)21/h5-6,8-9,23H,4,7,10-13H2,1-3H3. The fraction of sp³-hybridized carbons (Fsp3) is 0.556. The number of benzene rings is 1. The summed E-state index contributed by atoms with van der Waals surface area (Å²) in [6, 6.07) is 7.55. The summed E-state index contributed by atoms with van der Waals surface area (Å²) >= 11 is 0. The minimum atomic E-state index is -1.51. The third-order valence-corrected chi connectivity index (χ3v) is 4.34. The molecule has 0 saturated carbocycles. The van der Waals surface area contributed by atoms with E-state index >= 15 is 0 Å². The number of rotatable bonds is 5. The monoisotopic (exact) mass is 334 g/mol. The van der Waals surface area contributed by atoms with Gasteiger partial charge in [0.1, 0.15) is 5.75 Å². The van der Waals surface area contributed by atoms with Crippen LogP contribution in [0, 0.1) is 0 Å². The van der Waals surface area contributed by atoms with Crippen molar-refractivity contribution in [3.63, 3.8) is 0 Å². The van der Waals surface area contributed by atoms with Crippen LogP contribution in [0.2, 0.25) is 0 Å². The van der Waals surface area contributed by atoms with Crippen molar-refractivity contribution in [2.45, 2.75) is 38.8 Å². The van der Waals surface area contributed by atoms with Crippen LogP contribution in [-0.4, -0.2) is 59.1 Å². The summed E-state index contributed by atoms with van der Waals surface area (Å²) in [5.74, 6) is 0.255. The number of amides is 2. The Bertz CT molecular complexity index is 604.